The molecular formula is C12H11N5O. The van der Waals surface area contributed by atoms with Crippen LogP contribution in [0.5, 0.6) is 0 Å². The van der Waals surface area contributed by atoms with Gasteiger partial charge >= 0.3 is 0 Å². The number of nitrogen functional groups attached to an aromatic ring is 1. The van der Waals surface area contributed by atoms with Crippen LogP contribution in [-0.2, 0) is 6.54 Å². The SMILES string of the molecule is Nc1nc(NCc2ccon2)c2ccccc2n1. The molecule has 3 aromatic rings. The summed E-state index contributed by atoms with van der Waals surface area (Å²) >= 11 is 0. The van der Waals surface area contributed by atoms with Gasteiger partial charge in [-0.2, -0.15) is 4.98 Å². The average molecular weight is 241 g/mol. The summed E-state index contributed by atoms with van der Waals surface area (Å²) in [6.07, 6.45) is 1.53. The highest BCUT2D eigenvalue weighted by atomic mass is 16.5. The number of nitrogens with two attached hydrogens (primary N) is 1. The zero-order chi connectivity index (χ0) is 12.4. The summed E-state index contributed by atoms with van der Waals surface area (Å²) in [7, 11) is 0. The second-order valence-electron chi connectivity index (χ2n) is 3.79. The van der Waals surface area contributed by atoms with Gasteiger partial charge in [0.05, 0.1) is 12.1 Å². The molecule has 6 heteroatoms. The molecule has 0 amide bonds. The third-order valence-corrected chi connectivity index (χ3v) is 2.55. The molecule has 0 aliphatic heterocycles. The van der Waals surface area contributed by atoms with Gasteiger partial charge in [0.2, 0.25) is 5.95 Å². The molecule has 0 aliphatic rings. The number of fused-ring (bicyclic) bond motifs is 1. The van der Waals surface area contributed by atoms with Crippen LogP contribution in [0.25, 0.3) is 10.9 Å². The molecular weight excluding hydrogens is 230 g/mol. The van der Waals surface area contributed by atoms with Gasteiger partial charge in [-0.05, 0) is 12.1 Å². The van der Waals surface area contributed by atoms with Crippen LogP contribution in [0, 0.1) is 0 Å². The molecule has 3 N–H and O–H groups in total. The number of aromatic nitrogens is 3. The van der Waals surface area contributed by atoms with Crippen molar-refractivity contribution in [2.75, 3.05) is 11.1 Å². The molecule has 1 aromatic carbocycles. The number of nitrogens with one attached hydrogen (secondary N) is 1. The van der Waals surface area contributed by atoms with Crippen LogP contribution in [0.15, 0.2) is 41.1 Å². The van der Waals surface area contributed by atoms with Crippen molar-refractivity contribution < 1.29 is 4.52 Å². The molecule has 0 spiro atoms. The highest BCUT2D eigenvalue weighted by Gasteiger charge is 2.05. The molecule has 0 fully saturated rings. The van der Waals surface area contributed by atoms with Crippen LogP contribution < -0.4 is 11.1 Å². The van der Waals surface area contributed by atoms with E-state index >= 15 is 0 Å². The topological polar surface area (TPSA) is 89.9 Å². The summed E-state index contributed by atoms with van der Waals surface area (Å²) in [5.74, 6) is 0.942. The van der Waals surface area contributed by atoms with Crippen molar-refractivity contribution >= 4 is 22.7 Å². The van der Waals surface area contributed by atoms with Crippen molar-refractivity contribution in [3.8, 4) is 0 Å². The fourth-order valence-corrected chi connectivity index (χ4v) is 1.73. The molecule has 0 aliphatic carbocycles. The maximum atomic E-state index is 5.68. The largest absolute Gasteiger partial charge is 0.368 e. The molecule has 6 nitrogen and oxygen atoms in total. The molecule has 0 bridgehead atoms. The Kier molecular flexibility index (Phi) is 2.53. The maximum Gasteiger partial charge on any atom is 0.222 e. The highest BCUT2D eigenvalue weighted by molar-refractivity contribution is 5.89. The Bertz CT molecular complexity index is 665. The van der Waals surface area contributed by atoms with Crippen molar-refractivity contribution in [1.82, 2.24) is 15.1 Å². The van der Waals surface area contributed by atoms with Crippen LogP contribution in [-0.4, -0.2) is 15.1 Å². The molecule has 2 aromatic heterocycles. The van der Waals surface area contributed by atoms with Gasteiger partial charge < -0.3 is 15.6 Å². The van der Waals surface area contributed by atoms with Gasteiger partial charge in [-0.25, -0.2) is 4.98 Å². The van der Waals surface area contributed by atoms with Crippen LogP contribution in [0.1, 0.15) is 5.69 Å². The third kappa shape index (κ3) is 1.95. The van der Waals surface area contributed by atoms with Crippen LogP contribution in [0.2, 0.25) is 0 Å². The number of para-hydroxylation sites is 1. The van der Waals surface area contributed by atoms with E-state index in [1.165, 1.54) is 6.26 Å². The fraction of sp³-hybridized carbons (Fsp3) is 0.0833. The Morgan fingerprint density at radius 3 is 2.89 bits per heavy atom. The smallest absolute Gasteiger partial charge is 0.222 e. The standard InChI is InChI=1S/C12H11N5O/c13-12-15-10-4-2-1-3-9(10)11(16-12)14-7-8-5-6-18-17-8/h1-6H,7H2,(H3,13,14,15,16). The summed E-state index contributed by atoms with van der Waals surface area (Å²) in [4.78, 5) is 8.37. The second-order valence-corrected chi connectivity index (χ2v) is 3.79. The molecule has 0 radical (unpaired) electrons. The van der Waals surface area contributed by atoms with E-state index in [0.29, 0.717) is 12.4 Å². The molecule has 0 unspecified atom stereocenters. The Labute approximate surface area is 103 Å². The molecule has 0 saturated heterocycles. The first-order valence-electron chi connectivity index (χ1n) is 5.48. The van der Waals surface area contributed by atoms with E-state index in [2.05, 4.69) is 20.4 Å². The number of hydrogen-bond acceptors (Lipinski definition) is 6. The monoisotopic (exact) mass is 241 g/mol. The van der Waals surface area contributed by atoms with Crippen LogP contribution in [0.4, 0.5) is 11.8 Å². The predicted octanol–water partition coefficient (Wildman–Crippen LogP) is 1.81. The van der Waals surface area contributed by atoms with E-state index in [1.807, 2.05) is 24.3 Å². The van der Waals surface area contributed by atoms with Crippen molar-refractivity contribution in [2.45, 2.75) is 6.54 Å². The minimum absolute atomic E-state index is 0.247. The predicted molar refractivity (Wildman–Crippen MR) is 67.8 cm³/mol. The van der Waals surface area contributed by atoms with E-state index in [0.717, 1.165) is 16.6 Å². The normalized spacial score (nSPS) is 10.7. The van der Waals surface area contributed by atoms with Crippen LogP contribution in [0.3, 0.4) is 0 Å². The number of anilines is 2. The Balaban J connectivity index is 1.95. The van der Waals surface area contributed by atoms with Gasteiger partial charge in [0.25, 0.3) is 0 Å². The molecule has 0 atom stereocenters. The quantitative estimate of drug-likeness (QED) is 0.726. The molecule has 18 heavy (non-hydrogen) atoms. The maximum absolute atomic E-state index is 5.68. The molecule has 2 heterocycles. The minimum atomic E-state index is 0.247. The Morgan fingerprint density at radius 2 is 2.06 bits per heavy atom. The summed E-state index contributed by atoms with van der Waals surface area (Å²) in [6.45, 7) is 0.525. The van der Waals surface area contributed by atoms with Crippen molar-refractivity contribution in [3.63, 3.8) is 0 Å². The van der Waals surface area contributed by atoms with Crippen LogP contribution >= 0.6 is 0 Å². The zero-order valence-electron chi connectivity index (χ0n) is 9.50. The first-order chi connectivity index (χ1) is 8.83. The zero-order valence-corrected chi connectivity index (χ0v) is 9.50. The van der Waals surface area contributed by atoms with Gasteiger partial charge in [-0.15, -0.1) is 0 Å². The minimum Gasteiger partial charge on any atom is -0.368 e. The van der Waals surface area contributed by atoms with Gasteiger partial charge in [-0.3, -0.25) is 0 Å². The number of rotatable bonds is 3. The van der Waals surface area contributed by atoms with Gasteiger partial charge in [0.1, 0.15) is 17.8 Å². The van der Waals surface area contributed by atoms with Gasteiger partial charge in [0, 0.05) is 11.5 Å². The van der Waals surface area contributed by atoms with E-state index < -0.39 is 0 Å². The average Bonchev–Trinajstić information content (AvgIpc) is 2.89. The third-order valence-electron chi connectivity index (χ3n) is 2.55. The number of hydrogen-bond donors (Lipinski definition) is 2. The molecule has 0 saturated carbocycles. The summed E-state index contributed by atoms with van der Waals surface area (Å²) < 4.78 is 4.77. The van der Waals surface area contributed by atoms with Crippen molar-refractivity contribution in [1.29, 1.82) is 0 Å². The summed E-state index contributed by atoms with van der Waals surface area (Å²) in [6, 6.07) is 9.48. The molecule has 90 valence electrons. The fourth-order valence-electron chi connectivity index (χ4n) is 1.73. The first kappa shape index (κ1) is 10.5. The molecule has 3 rings (SSSR count). The Morgan fingerprint density at radius 1 is 1.17 bits per heavy atom. The number of nitrogens with zero attached hydrogens (tertiary/aromatic N) is 3. The summed E-state index contributed by atoms with van der Waals surface area (Å²) in [5.41, 5.74) is 7.29. The van der Waals surface area contributed by atoms with Gasteiger partial charge in [0.15, 0.2) is 0 Å². The first-order valence-corrected chi connectivity index (χ1v) is 5.48. The lowest BCUT2D eigenvalue weighted by molar-refractivity contribution is 0.412. The lowest BCUT2D eigenvalue weighted by Gasteiger charge is -2.07. The number of benzene rings is 1. The van der Waals surface area contributed by atoms with Gasteiger partial charge in [-0.1, -0.05) is 17.3 Å². The van der Waals surface area contributed by atoms with Crippen molar-refractivity contribution in [3.05, 3.63) is 42.3 Å². The Hall–Kier alpha value is -2.63. The second kappa shape index (κ2) is 4.33. The lowest BCUT2D eigenvalue weighted by atomic mass is 10.2. The summed E-state index contributed by atoms with van der Waals surface area (Å²) in [5, 5.41) is 7.93. The van der Waals surface area contributed by atoms with E-state index in [9.17, 15) is 0 Å². The van der Waals surface area contributed by atoms with E-state index in [-0.39, 0.29) is 5.95 Å². The van der Waals surface area contributed by atoms with E-state index in [4.69, 9.17) is 10.3 Å². The lowest BCUT2D eigenvalue weighted by Crippen LogP contribution is -2.05. The van der Waals surface area contributed by atoms with E-state index in [1.54, 1.807) is 6.07 Å². The van der Waals surface area contributed by atoms with Crippen molar-refractivity contribution in [2.24, 2.45) is 0 Å². The highest BCUT2D eigenvalue weighted by Crippen LogP contribution is 2.21.